The Kier molecular flexibility index (Phi) is 4.63. The van der Waals surface area contributed by atoms with Crippen LogP contribution in [0.15, 0.2) is 103 Å². The van der Waals surface area contributed by atoms with Crippen molar-refractivity contribution in [3.63, 3.8) is 0 Å². The van der Waals surface area contributed by atoms with Crippen molar-refractivity contribution in [2.24, 2.45) is 0 Å². The molecule has 2 nitrogen and oxygen atoms in total. The highest BCUT2D eigenvalue weighted by atomic mass is 31.0. The predicted octanol–water partition coefficient (Wildman–Crippen LogP) is 6.13. The lowest BCUT2D eigenvalue weighted by Crippen LogP contribution is -1.89. The Morgan fingerprint density at radius 2 is 1.24 bits per heavy atom. The van der Waals surface area contributed by atoms with Crippen LogP contribution >= 0.6 is 9.24 Å². The summed E-state index contributed by atoms with van der Waals surface area (Å²) in [5, 5.41) is 2.33. The van der Waals surface area contributed by atoms with Crippen LogP contribution in [0.1, 0.15) is 0 Å². The molecular formula is C26H19N2P. The maximum absolute atomic E-state index is 4.73. The first-order valence-electron chi connectivity index (χ1n) is 9.54. The highest BCUT2D eigenvalue weighted by molar-refractivity contribution is 7.27. The number of pyridine rings is 2. The van der Waals surface area contributed by atoms with E-state index < -0.39 is 0 Å². The maximum atomic E-state index is 4.73. The Hall–Kier alpha value is -3.35. The number of benzene rings is 3. The molecule has 0 N–H and O–H groups in total. The Bertz CT molecular complexity index is 1280. The normalized spacial score (nSPS) is 10.9. The second-order valence-corrected chi connectivity index (χ2v) is 7.71. The lowest BCUT2D eigenvalue weighted by molar-refractivity contribution is 1.33. The minimum Gasteiger partial charge on any atom is -0.256 e. The van der Waals surface area contributed by atoms with Crippen LogP contribution in [-0.4, -0.2) is 9.97 Å². The molecule has 5 rings (SSSR count). The molecule has 0 fully saturated rings. The van der Waals surface area contributed by atoms with Crippen LogP contribution in [0.4, 0.5) is 0 Å². The van der Waals surface area contributed by atoms with Gasteiger partial charge in [0.1, 0.15) is 0 Å². The average Bonchev–Trinajstić information content (AvgIpc) is 2.80. The summed E-state index contributed by atoms with van der Waals surface area (Å²) in [5.41, 5.74) is 7.76. The van der Waals surface area contributed by atoms with E-state index in [1.165, 1.54) is 16.4 Å². The van der Waals surface area contributed by atoms with Crippen molar-refractivity contribution in [3.05, 3.63) is 103 Å². The average molecular weight is 390 g/mol. The summed E-state index contributed by atoms with van der Waals surface area (Å²) in [5.74, 6) is 0. The third kappa shape index (κ3) is 3.68. The third-order valence-corrected chi connectivity index (χ3v) is 5.49. The van der Waals surface area contributed by atoms with E-state index in [2.05, 4.69) is 87.0 Å². The van der Waals surface area contributed by atoms with Crippen molar-refractivity contribution in [1.82, 2.24) is 9.97 Å². The van der Waals surface area contributed by atoms with Gasteiger partial charge in [-0.25, -0.2) is 0 Å². The van der Waals surface area contributed by atoms with Gasteiger partial charge >= 0.3 is 0 Å². The molecule has 0 radical (unpaired) electrons. The van der Waals surface area contributed by atoms with Gasteiger partial charge < -0.3 is 0 Å². The van der Waals surface area contributed by atoms with E-state index in [0.717, 1.165) is 33.3 Å². The van der Waals surface area contributed by atoms with E-state index in [1.807, 2.05) is 30.6 Å². The Balaban J connectivity index is 1.47. The van der Waals surface area contributed by atoms with Crippen molar-refractivity contribution in [2.75, 3.05) is 0 Å². The second kappa shape index (κ2) is 7.58. The van der Waals surface area contributed by atoms with Crippen LogP contribution in [0.5, 0.6) is 0 Å². The number of aromatic nitrogens is 2. The van der Waals surface area contributed by atoms with Crippen molar-refractivity contribution in [2.45, 2.75) is 0 Å². The van der Waals surface area contributed by atoms with E-state index in [1.54, 1.807) is 0 Å². The number of hydrogen-bond acceptors (Lipinski definition) is 2. The molecule has 0 spiro atoms. The zero-order valence-corrected chi connectivity index (χ0v) is 16.9. The second-order valence-electron chi connectivity index (χ2n) is 7.05. The fourth-order valence-corrected chi connectivity index (χ4v) is 3.69. The summed E-state index contributed by atoms with van der Waals surface area (Å²) >= 11 is 0. The summed E-state index contributed by atoms with van der Waals surface area (Å²) in [7, 11) is 2.72. The molecule has 138 valence electrons. The molecule has 0 amide bonds. The van der Waals surface area contributed by atoms with Gasteiger partial charge in [0.15, 0.2) is 0 Å². The fraction of sp³-hybridized carbons (Fsp3) is 0. The molecular weight excluding hydrogens is 371 g/mol. The van der Waals surface area contributed by atoms with Gasteiger partial charge in [-0.1, -0.05) is 66.7 Å². The van der Waals surface area contributed by atoms with Gasteiger partial charge in [0.25, 0.3) is 0 Å². The summed E-state index contributed by atoms with van der Waals surface area (Å²) in [6, 6.07) is 31.6. The smallest absolute Gasteiger partial charge is 0.0708 e. The molecule has 0 aliphatic heterocycles. The van der Waals surface area contributed by atoms with Gasteiger partial charge in [0, 0.05) is 28.9 Å². The lowest BCUT2D eigenvalue weighted by atomic mass is 10.0. The Labute approximate surface area is 172 Å². The molecule has 1 atom stereocenters. The molecule has 0 aliphatic carbocycles. The summed E-state index contributed by atoms with van der Waals surface area (Å²) < 4.78 is 0. The van der Waals surface area contributed by atoms with Crippen molar-refractivity contribution < 1.29 is 0 Å². The van der Waals surface area contributed by atoms with Crippen LogP contribution in [0.2, 0.25) is 0 Å². The first-order chi connectivity index (χ1) is 14.3. The van der Waals surface area contributed by atoms with Crippen molar-refractivity contribution >= 4 is 25.4 Å². The largest absolute Gasteiger partial charge is 0.256 e. The van der Waals surface area contributed by atoms with Crippen LogP contribution in [0.25, 0.3) is 44.4 Å². The standard InChI is InChI=1S/C26H19N2P/c29-24-12-10-18(11-13-24)21-8-9-22-15-23(17-28-26(22)16-21)19-4-6-20(7-5-19)25-3-1-2-14-27-25/h1-17H,29H2. The summed E-state index contributed by atoms with van der Waals surface area (Å²) in [6.07, 6.45) is 3.77. The highest BCUT2D eigenvalue weighted by Gasteiger charge is 2.05. The number of fused-ring (bicyclic) bond motifs is 1. The Morgan fingerprint density at radius 1 is 0.552 bits per heavy atom. The van der Waals surface area contributed by atoms with E-state index in [0.29, 0.717) is 0 Å². The highest BCUT2D eigenvalue weighted by Crippen LogP contribution is 2.28. The molecule has 3 aromatic carbocycles. The Morgan fingerprint density at radius 3 is 2.00 bits per heavy atom. The molecule has 0 saturated heterocycles. The van der Waals surface area contributed by atoms with Gasteiger partial charge in [-0.3, -0.25) is 9.97 Å². The zero-order chi connectivity index (χ0) is 19.6. The molecule has 3 heteroatoms. The van der Waals surface area contributed by atoms with Gasteiger partial charge in [0.2, 0.25) is 0 Å². The maximum Gasteiger partial charge on any atom is 0.0708 e. The minimum absolute atomic E-state index is 0.984. The van der Waals surface area contributed by atoms with Crippen molar-refractivity contribution in [1.29, 1.82) is 0 Å². The summed E-state index contributed by atoms with van der Waals surface area (Å²) in [6.45, 7) is 0. The first kappa shape index (κ1) is 17.7. The van der Waals surface area contributed by atoms with E-state index in [4.69, 9.17) is 4.98 Å². The number of hydrogen-bond donors (Lipinski definition) is 0. The van der Waals surface area contributed by atoms with E-state index >= 15 is 0 Å². The molecule has 0 aliphatic rings. The lowest BCUT2D eigenvalue weighted by Gasteiger charge is -2.07. The monoisotopic (exact) mass is 390 g/mol. The van der Waals surface area contributed by atoms with Gasteiger partial charge in [-0.05, 0) is 46.3 Å². The SMILES string of the molecule is Pc1ccc(-c2ccc3cc(-c4ccc(-c5ccccn5)cc4)cnc3c2)cc1. The molecule has 5 aromatic rings. The zero-order valence-electron chi connectivity index (χ0n) is 15.8. The molecule has 0 saturated carbocycles. The number of nitrogens with zero attached hydrogens (tertiary/aromatic N) is 2. The van der Waals surface area contributed by atoms with Crippen LogP contribution < -0.4 is 5.30 Å². The van der Waals surface area contributed by atoms with Gasteiger partial charge in [0.05, 0.1) is 11.2 Å². The topological polar surface area (TPSA) is 25.8 Å². The predicted molar refractivity (Wildman–Crippen MR) is 125 cm³/mol. The van der Waals surface area contributed by atoms with E-state index in [9.17, 15) is 0 Å². The molecule has 29 heavy (non-hydrogen) atoms. The van der Waals surface area contributed by atoms with Crippen LogP contribution in [0, 0.1) is 0 Å². The van der Waals surface area contributed by atoms with Gasteiger partial charge in [-0.15, -0.1) is 9.24 Å². The first-order valence-corrected chi connectivity index (χ1v) is 10.1. The molecule has 1 unspecified atom stereocenters. The van der Waals surface area contributed by atoms with Crippen molar-refractivity contribution in [3.8, 4) is 33.5 Å². The fourth-order valence-electron chi connectivity index (χ4n) is 3.50. The van der Waals surface area contributed by atoms with E-state index in [-0.39, 0.29) is 0 Å². The summed E-state index contributed by atoms with van der Waals surface area (Å²) in [4.78, 5) is 9.14. The third-order valence-electron chi connectivity index (χ3n) is 5.11. The molecule has 0 bridgehead atoms. The molecule has 2 aromatic heterocycles. The number of rotatable bonds is 3. The minimum atomic E-state index is 0.984. The molecule has 2 heterocycles. The van der Waals surface area contributed by atoms with Crippen LogP contribution in [-0.2, 0) is 0 Å². The van der Waals surface area contributed by atoms with Crippen LogP contribution in [0.3, 0.4) is 0 Å². The quantitative estimate of drug-likeness (QED) is 0.346. The van der Waals surface area contributed by atoms with Gasteiger partial charge in [-0.2, -0.15) is 0 Å².